The molecule has 0 fully saturated rings. The van der Waals surface area contributed by atoms with Gasteiger partial charge in [-0.15, -0.1) is 0 Å². The van der Waals surface area contributed by atoms with Gasteiger partial charge in [0.25, 0.3) is 0 Å². The predicted molar refractivity (Wildman–Crippen MR) is 74.6 cm³/mol. The molecule has 1 heterocycles. The van der Waals surface area contributed by atoms with Crippen molar-refractivity contribution in [3.8, 4) is 11.5 Å². The van der Waals surface area contributed by atoms with E-state index in [9.17, 15) is 0 Å². The SMILES string of the molecule is COc1ccc(Nc2ncnc(Cl)c2C)cc1OC. The van der Waals surface area contributed by atoms with Gasteiger partial charge >= 0.3 is 0 Å². The Hall–Kier alpha value is -2.01. The van der Waals surface area contributed by atoms with Gasteiger partial charge in [-0.1, -0.05) is 11.6 Å². The molecular weight excluding hydrogens is 266 g/mol. The first kappa shape index (κ1) is 13.4. The third-order valence-electron chi connectivity index (χ3n) is 2.67. The van der Waals surface area contributed by atoms with Crippen LogP contribution in [0.2, 0.25) is 5.15 Å². The second-order valence-electron chi connectivity index (χ2n) is 3.83. The third kappa shape index (κ3) is 2.88. The number of hydrogen-bond donors (Lipinski definition) is 1. The normalized spacial score (nSPS) is 10.1. The number of halogens is 1. The topological polar surface area (TPSA) is 56.3 Å². The molecule has 6 heteroatoms. The van der Waals surface area contributed by atoms with Gasteiger partial charge in [0.2, 0.25) is 0 Å². The van der Waals surface area contributed by atoms with E-state index in [0.717, 1.165) is 11.3 Å². The summed E-state index contributed by atoms with van der Waals surface area (Å²) >= 11 is 5.95. The minimum absolute atomic E-state index is 0.429. The summed E-state index contributed by atoms with van der Waals surface area (Å²) in [7, 11) is 3.19. The number of methoxy groups -OCH3 is 2. The summed E-state index contributed by atoms with van der Waals surface area (Å²) in [5.41, 5.74) is 1.62. The molecule has 5 nitrogen and oxygen atoms in total. The second kappa shape index (κ2) is 5.75. The van der Waals surface area contributed by atoms with Crippen LogP contribution in [0.3, 0.4) is 0 Å². The second-order valence-corrected chi connectivity index (χ2v) is 4.19. The molecule has 100 valence electrons. The zero-order valence-electron chi connectivity index (χ0n) is 10.9. The Labute approximate surface area is 116 Å². The lowest BCUT2D eigenvalue weighted by Crippen LogP contribution is -1.99. The molecule has 0 spiro atoms. The summed E-state index contributed by atoms with van der Waals surface area (Å²) in [5.74, 6) is 1.98. The van der Waals surface area contributed by atoms with Gasteiger partial charge in [0, 0.05) is 17.3 Å². The molecule has 2 aromatic rings. The van der Waals surface area contributed by atoms with Crippen LogP contribution in [0.1, 0.15) is 5.56 Å². The maximum Gasteiger partial charge on any atom is 0.162 e. The van der Waals surface area contributed by atoms with Crippen molar-refractivity contribution in [2.45, 2.75) is 6.92 Å². The molecule has 0 unspecified atom stereocenters. The molecule has 0 aliphatic heterocycles. The Morgan fingerprint density at radius 1 is 1.11 bits per heavy atom. The molecule has 0 bridgehead atoms. The first-order chi connectivity index (χ1) is 9.15. The molecular formula is C13H14ClN3O2. The number of benzene rings is 1. The molecule has 0 saturated carbocycles. The molecule has 0 saturated heterocycles. The highest BCUT2D eigenvalue weighted by atomic mass is 35.5. The predicted octanol–water partition coefficient (Wildman–Crippen LogP) is 3.20. The number of nitrogens with zero attached hydrogens (tertiary/aromatic N) is 2. The highest BCUT2D eigenvalue weighted by Crippen LogP contribution is 2.31. The van der Waals surface area contributed by atoms with Crippen molar-refractivity contribution in [2.75, 3.05) is 19.5 Å². The van der Waals surface area contributed by atoms with Crippen LogP contribution in [0.5, 0.6) is 11.5 Å². The van der Waals surface area contributed by atoms with Crippen molar-refractivity contribution >= 4 is 23.1 Å². The van der Waals surface area contributed by atoms with Gasteiger partial charge in [0.1, 0.15) is 17.3 Å². The van der Waals surface area contributed by atoms with Crippen molar-refractivity contribution in [1.29, 1.82) is 0 Å². The van der Waals surface area contributed by atoms with E-state index in [1.165, 1.54) is 6.33 Å². The van der Waals surface area contributed by atoms with E-state index >= 15 is 0 Å². The smallest absolute Gasteiger partial charge is 0.162 e. The van der Waals surface area contributed by atoms with E-state index in [1.54, 1.807) is 14.2 Å². The number of rotatable bonds is 4. The molecule has 0 aliphatic rings. The number of anilines is 2. The minimum atomic E-state index is 0.429. The maximum absolute atomic E-state index is 5.95. The van der Waals surface area contributed by atoms with Crippen LogP contribution in [-0.4, -0.2) is 24.2 Å². The number of nitrogens with one attached hydrogen (secondary N) is 1. The van der Waals surface area contributed by atoms with Crippen LogP contribution < -0.4 is 14.8 Å². The monoisotopic (exact) mass is 279 g/mol. The molecule has 0 amide bonds. The third-order valence-corrected chi connectivity index (χ3v) is 3.05. The molecule has 1 aromatic heterocycles. The Balaban J connectivity index is 2.31. The van der Waals surface area contributed by atoms with Crippen LogP contribution in [-0.2, 0) is 0 Å². The van der Waals surface area contributed by atoms with E-state index in [0.29, 0.717) is 22.5 Å². The van der Waals surface area contributed by atoms with Gasteiger partial charge in [-0.3, -0.25) is 0 Å². The maximum atomic E-state index is 5.95. The molecule has 0 radical (unpaired) electrons. The van der Waals surface area contributed by atoms with Gasteiger partial charge in [-0.25, -0.2) is 9.97 Å². The number of ether oxygens (including phenoxy) is 2. The molecule has 0 aliphatic carbocycles. The fourth-order valence-electron chi connectivity index (χ4n) is 1.61. The summed E-state index contributed by atoms with van der Waals surface area (Å²) in [6.45, 7) is 1.85. The number of aromatic nitrogens is 2. The molecule has 1 N–H and O–H groups in total. The molecule has 0 atom stereocenters. The fourth-order valence-corrected chi connectivity index (χ4v) is 1.74. The first-order valence-electron chi connectivity index (χ1n) is 5.62. The summed E-state index contributed by atoms with van der Waals surface area (Å²) < 4.78 is 10.4. The zero-order valence-corrected chi connectivity index (χ0v) is 11.7. The highest BCUT2D eigenvalue weighted by Gasteiger charge is 2.08. The average molecular weight is 280 g/mol. The number of hydrogen-bond acceptors (Lipinski definition) is 5. The van der Waals surface area contributed by atoms with Crippen molar-refractivity contribution in [1.82, 2.24) is 9.97 Å². The average Bonchev–Trinajstić information content (AvgIpc) is 2.43. The van der Waals surface area contributed by atoms with E-state index < -0.39 is 0 Å². The summed E-state index contributed by atoms with van der Waals surface area (Å²) in [5, 5.41) is 3.60. The molecule has 19 heavy (non-hydrogen) atoms. The molecule has 1 aromatic carbocycles. The Kier molecular flexibility index (Phi) is 4.06. The Morgan fingerprint density at radius 3 is 2.53 bits per heavy atom. The highest BCUT2D eigenvalue weighted by molar-refractivity contribution is 6.30. The lowest BCUT2D eigenvalue weighted by Gasteiger charge is -2.12. The van der Waals surface area contributed by atoms with Gasteiger partial charge in [0.15, 0.2) is 11.5 Å². The van der Waals surface area contributed by atoms with Crippen LogP contribution >= 0.6 is 11.6 Å². The van der Waals surface area contributed by atoms with Crippen LogP contribution in [0, 0.1) is 6.92 Å². The lowest BCUT2D eigenvalue weighted by molar-refractivity contribution is 0.355. The Bertz CT molecular complexity index is 590. The summed E-state index contributed by atoms with van der Waals surface area (Å²) in [4.78, 5) is 8.07. The summed E-state index contributed by atoms with van der Waals surface area (Å²) in [6, 6.07) is 5.52. The van der Waals surface area contributed by atoms with Crippen molar-refractivity contribution in [3.63, 3.8) is 0 Å². The van der Waals surface area contributed by atoms with E-state index in [4.69, 9.17) is 21.1 Å². The van der Waals surface area contributed by atoms with Crippen LogP contribution in [0.4, 0.5) is 11.5 Å². The van der Waals surface area contributed by atoms with Gasteiger partial charge < -0.3 is 14.8 Å². The minimum Gasteiger partial charge on any atom is -0.493 e. The largest absolute Gasteiger partial charge is 0.493 e. The van der Waals surface area contributed by atoms with E-state index in [-0.39, 0.29) is 0 Å². The molecule has 2 rings (SSSR count). The zero-order chi connectivity index (χ0) is 13.8. The summed E-state index contributed by atoms with van der Waals surface area (Å²) in [6.07, 6.45) is 1.42. The first-order valence-corrected chi connectivity index (χ1v) is 5.99. The van der Waals surface area contributed by atoms with E-state index in [1.807, 2.05) is 25.1 Å². The van der Waals surface area contributed by atoms with Crippen molar-refractivity contribution < 1.29 is 9.47 Å². The fraction of sp³-hybridized carbons (Fsp3) is 0.231. The van der Waals surface area contributed by atoms with Crippen LogP contribution in [0.25, 0.3) is 0 Å². The van der Waals surface area contributed by atoms with Gasteiger partial charge in [-0.05, 0) is 19.1 Å². The van der Waals surface area contributed by atoms with E-state index in [2.05, 4.69) is 15.3 Å². The Morgan fingerprint density at radius 2 is 1.84 bits per heavy atom. The quantitative estimate of drug-likeness (QED) is 0.871. The van der Waals surface area contributed by atoms with Crippen molar-refractivity contribution in [2.24, 2.45) is 0 Å². The lowest BCUT2D eigenvalue weighted by atomic mass is 10.2. The van der Waals surface area contributed by atoms with Crippen molar-refractivity contribution in [3.05, 3.63) is 35.2 Å². The van der Waals surface area contributed by atoms with Gasteiger partial charge in [0.05, 0.1) is 14.2 Å². The standard InChI is InChI=1S/C13H14ClN3O2/c1-8-12(14)15-7-16-13(8)17-9-4-5-10(18-2)11(6-9)19-3/h4-7H,1-3H3,(H,15,16,17). The van der Waals surface area contributed by atoms with Crippen LogP contribution in [0.15, 0.2) is 24.5 Å². The van der Waals surface area contributed by atoms with Gasteiger partial charge in [-0.2, -0.15) is 0 Å².